The maximum absolute atomic E-state index is 8.51. The van der Waals surface area contributed by atoms with Crippen LogP contribution < -0.4 is 0 Å². The quantitative estimate of drug-likeness (QED) is 0.522. The summed E-state index contributed by atoms with van der Waals surface area (Å²) in [6.07, 6.45) is 0. The molecule has 0 aliphatic carbocycles. The number of nitrogens with zero attached hydrogens (tertiary/aromatic N) is 1. The van der Waals surface area contributed by atoms with Crippen molar-refractivity contribution in [2.45, 2.75) is 19.9 Å². The second-order valence-corrected chi connectivity index (χ2v) is 2.10. The molecular weight excluding hydrogens is 118 g/mol. The van der Waals surface area contributed by atoms with Crippen molar-refractivity contribution in [3.63, 3.8) is 0 Å². The molecule has 0 amide bonds. The zero-order valence-electron chi connectivity index (χ0n) is 5.83. The van der Waals surface area contributed by atoms with Crippen LogP contribution in [0.15, 0.2) is 4.99 Å². The molecule has 0 saturated heterocycles. The molecular formula is C6H13NO2. The van der Waals surface area contributed by atoms with E-state index in [-0.39, 0.29) is 19.3 Å². The van der Waals surface area contributed by atoms with E-state index in [4.69, 9.17) is 10.2 Å². The predicted molar refractivity (Wildman–Crippen MR) is 36.7 cm³/mol. The summed E-state index contributed by atoms with van der Waals surface area (Å²) in [4.78, 5) is 3.93. The fourth-order valence-corrected chi connectivity index (χ4v) is 0.505. The molecule has 9 heavy (non-hydrogen) atoms. The van der Waals surface area contributed by atoms with Crippen LogP contribution in [0.1, 0.15) is 13.8 Å². The molecule has 3 heteroatoms. The van der Waals surface area contributed by atoms with Gasteiger partial charge in [0.25, 0.3) is 0 Å². The summed E-state index contributed by atoms with van der Waals surface area (Å²) in [6.45, 7) is 3.50. The minimum Gasteiger partial charge on any atom is -0.394 e. The maximum atomic E-state index is 8.51. The Labute approximate surface area is 55.0 Å². The average Bonchev–Trinajstić information content (AvgIpc) is 1.82. The zero-order valence-corrected chi connectivity index (χ0v) is 5.83. The van der Waals surface area contributed by atoms with Crippen LogP contribution in [-0.2, 0) is 0 Å². The van der Waals surface area contributed by atoms with Crippen molar-refractivity contribution in [3.05, 3.63) is 0 Å². The Kier molecular flexibility index (Phi) is 4.26. The van der Waals surface area contributed by atoms with Gasteiger partial charge in [0.15, 0.2) is 0 Å². The minimum atomic E-state index is -0.324. The predicted octanol–water partition coefficient (Wildman–Crippen LogP) is -0.180. The summed E-state index contributed by atoms with van der Waals surface area (Å²) >= 11 is 0. The van der Waals surface area contributed by atoms with E-state index in [1.165, 1.54) is 0 Å². The fourth-order valence-electron chi connectivity index (χ4n) is 0.505. The van der Waals surface area contributed by atoms with Gasteiger partial charge in [-0.1, -0.05) is 0 Å². The van der Waals surface area contributed by atoms with Crippen molar-refractivity contribution in [3.8, 4) is 0 Å². The van der Waals surface area contributed by atoms with Gasteiger partial charge in [0.1, 0.15) is 0 Å². The van der Waals surface area contributed by atoms with Crippen LogP contribution >= 0.6 is 0 Å². The van der Waals surface area contributed by atoms with Gasteiger partial charge in [-0.3, -0.25) is 4.99 Å². The van der Waals surface area contributed by atoms with E-state index in [9.17, 15) is 0 Å². The zero-order chi connectivity index (χ0) is 7.28. The van der Waals surface area contributed by atoms with E-state index in [1.54, 1.807) is 0 Å². The molecule has 0 radical (unpaired) electrons. The van der Waals surface area contributed by atoms with Crippen molar-refractivity contribution < 1.29 is 10.2 Å². The first-order chi connectivity index (χ1) is 4.20. The first-order valence-corrected chi connectivity index (χ1v) is 2.93. The van der Waals surface area contributed by atoms with Crippen LogP contribution in [0.5, 0.6) is 0 Å². The number of hydrogen-bond donors (Lipinski definition) is 2. The maximum Gasteiger partial charge on any atom is 0.0959 e. The Balaban J connectivity index is 3.68. The Bertz CT molecular complexity index is 93.2. The molecule has 0 atom stereocenters. The molecule has 0 fully saturated rings. The number of aliphatic hydroxyl groups excluding tert-OH is 2. The van der Waals surface area contributed by atoms with Crippen LogP contribution in [0.3, 0.4) is 0 Å². The third-order valence-corrected chi connectivity index (χ3v) is 0.862. The summed E-state index contributed by atoms with van der Waals surface area (Å²) in [6, 6.07) is -0.324. The molecule has 54 valence electrons. The lowest BCUT2D eigenvalue weighted by Gasteiger charge is -2.03. The van der Waals surface area contributed by atoms with Gasteiger partial charge < -0.3 is 10.2 Å². The molecule has 0 aliphatic rings. The van der Waals surface area contributed by atoms with Gasteiger partial charge in [-0.2, -0.15) is 0 Å². The highest BCUT2D eigenvalue weighted by Crippen LogP contribution is 1.88. The summed E-state index contributed by atoms with van der Waals surface area (Å²) in [5.74, 6) is 0. The van der Waals surface area contributed by atoms with E-state index in [1.807, 2.05) is 13.8 Å². The molecule has 0 aromatic heterocycles. The highest BCUT2D eigenvalue weighted by Gasteiger charge is 1.99. The minimum absolute atomic E-state index is 0.0817. The van der Waals surface area contributed by atoms with E-state index in [0.717, 1.165) is 5.71 Å². The van der Waals surface area contributed by atoms with E-state index in [2.05, 4.69) is 4.99 Å². The largest absolute Gasteiger partial charge is 0.394 e. The van der Waals surface area contributed by atoms with Crippen LogP contribution in [0, 0.1) is 0 Å². The fraction of sp³-hybridized carbons (Fsp3) is 0.833. The molecule has 0 saturated carbocycles. The average molecular weight is 131 g/mol. The number of hydrogen-bond acceptors (Lipinski definition) is 3. The van der Waals surface area contributed by atoms with Gasteiger partial charge >= 0.3 is 0 Å². The molecule has 0 aromatic rings. The second kappa shape index (κ2) is 4.47. The van der Waals surface area contributed by atoms with Gasteiger partial charge in [-0.25, -0.2) is 0 Å². The van der Waals surface area contributed by atoms with Crippen molar-refractivity contribution in [2.75, 3.05) is 13.2 Å². The van der Waals surface area contributed by atoms with Gasteiger partial charge in [-0.05, 0) is 13.8 Å². The van der Waals surface area contributed by atoms with Gasteiger partial charge in [0, 0.05) is 5.71 Å². The van der Waals surface area contributed by atoms with E-state index in [0.29, 0.717) is 0 Å². The van der Waals surface area contributed by atoms with Crippen LogP contribution in [0.4, 0.5) is 0 Å². The lowest BCUT2D eigenvalue weighted by Crippen LogP contribution is -2.16. The first-order valence-electron chi connectivity index (χ1n) is 2.93. The second-order valence-electron chi connectivity index (χ2n) is 2.10. The molecule has 0 bridgehead atoms. The Hall–Kier alpha value is -0.410. The molecule has 2 N–H and O–H groups in total. The van der Waals surface area contributed by atoms with Crippen LogP contribution in [0.25, 0.3) is 0 Å². The number of aliphatic imine (C=N–C) groups is 1. The Morgan fingerprint density at radius 1 is 1.33 bits per heavy atom. The topological polar surface area (TPSA) is 52.8 Å². The lowest BCUT2D eigenvalue weighted by atomic mass is 10.3. The third kappa shape index (κ3) is 4.12. The van der Waals surface area contributed by atoms with Crippen molar-refractivity contribution >= 4 is 5.71 Å². The highest BCUT2D eigenvalue weighted by atomic mass is 16.3. The molecule has 0 rings (SSSR count). The molecule has 0 unspecified atom stereocenters. The highest BCUT2D eigenvalue weighted by molar-refractivity contribution is 5.79. The lowest BCUT2D eigenvalue weighted by molar-refractivity contribution is 0.195. The smallest absolute Gasteiger partial charge is 0.0959 e. The van der Waals surface area contributed by atoms with Crippen molar-refractivity contribution in [2.24, 2.45) is 4.99 Å². The molecule has 3 nitrogen and oxygen atoms in total. The molecule has 0 spiro atoms. The molecule has 0 heterocycles. The molecule has 0 aromatic carbocycles. The summed E-state index contributed by atoms with van der Waals surface area (Å²) < 4.78 is 0. The van der Waals surface area contributed by atoms with E-state index < -0.39 is 0 Å². The van der Waals surface area contributed by atoms with Crippen LogP contribution in [0.2, 0.25) is 0 Å². The number of rotatable bonds is 3. The van der Waals surface area contributed by atoms with E-state index >= 15 is 0 Å². The number of aliphatic hydroxyl groups is 2. The Morgan fingerprint density at radius 2 is 1.78 bits per heavy atom. The van der Waals surface area contributed by atoms with Gasteiger partial charge in [0.2, 0.25) is 0 Å². The SMILES string of the molecule is CC(C)=NC(CO)CO. The van der Waals surface area contributed by atoms with Crippen molar-refractivity contribution in [1.29, 1.82) is 0 Å². The summed E-state index contributed by atoms with van der Waals surface area (Å²) in [5.41, 5.74) is 0.878. The first kappa shape index (κ1) is 8.59. The Morgan fingerprint density at radius 3 is 1.89 bits per heavy atom. The summed E-state index contributed by atoms with van der Waals surface area (Å²) in [5, 5.41) is 17.0. The van der Waals surface area contributed by atoms with Gasteiger partial charge in [-0.15, -0.1) is 0 Å². The standard InChI is InChI=1S/C6H13NO2/c1-5(2)7-6(3-8)4-9/h6,8-9H,3-4H2,1-2H3. The summed E-state index contributed by atoms with van der Waals surface area (Å²) in [7, 11) is 0. The van der Waals surface area contributed by atoms with Gasteiger partial charge in [0.05, 0.1) is 19.3 Å². The third-order valence-electron chi connectivity index (χ3n) is 0.862. The molecule has 0 aliphatic heterocycles. The normalized spacial score (nSPS) is 9.89. The van der Waals surface area contributed by atoms with Crippen LogP contribution in [-0.4, -0.2) is 35.2 Å². The van der Waals surface area contributed by atoms with Crippen molar-refractivity contribution in [1.82, 2.24) is 0 Å². The monoisotopic (exact) mass is 131 g/mol.